The number of aryl methyl sites for hydroxylation is 1. The van der Waals surface area contributed by atoms with Crippen molar-refractivity contribution in [2.45, 2.75) is 25.5 Å². The number of aromatic nitrogens is 5. The summed E-state index contributed by atoms with van der Waals surface area (Å²) in [5.41, 5.74) is 1.48. The number of likely N-dealkylation sites (tertiary alicyclic amines) is 1. The SMILES string of the molecule is O=C(O)c1c[nH]c2ncc(-c3nn(CCCN4CC(F)(F)C4)c4ccc(OC(F)F)cc34)nc12. The fourth-order valence-corrected chi connectivity index (χ4v) is 4.07. The molecule has 0 saturated carbocycles. The van der Waals surface area contributed by atoms with E-state index in [4.69, 9.17) is 0 Å². The third-order valence-corrected chi connectivity index (χ3v) is 5.56. The number of ether oxygens (including phenoxy) is 1. The lowest BCUT2D eigenvalue weighted by Gasteiger charge is -2.38. The van der Waals surface area contributed by atoms with Gasteiger partial charge in [0.1, 0.15) is 28.2 Å². The van der Waals surface area contributed by atoms with E-state index in [1.807, 2.05) is 0 Å². The molecule has 1 aliphatic rings. The standard InChI is InChI=1S/C21H18F4N6O3/c22-20(23)34-11-2-3-15-12(6-11)16(29-31(15)5-1-4-30-9-21(24,25)10-30)14-8-27-18-17(28-14)13(7-26-18)19(32)33/h2-3,6-8,20H,1,4-5,9-10H2,(H,26,27)(H,32,33). The highest BCUT2D eigenvalue weighted by Crippen LogP contribution is 2.32. The molecule has 0 atom stereocenters. The van der Waals surface area contributed by atoms with Crippen LogP contribution >= 0.6 is 0 Å². The molecule has 34 heavy (non-hydrogen) atoms. The van der Waals surface area contributed by atoms with Gasteiger partial charge in [-0.15, -0.1) is 0 Å². The molecule has 2 N–H and O–H groups in total. The van der Waals surface area contributed by atoms with Gasteiger partial charge in [0, 0.05) is 24.7 Å². The van der Waals surface area contributed by atoms with Gasteiger partial charge in [-0.05, 0) is 24.6 Å². The second-order valence-corrected chi connectivity index (χ2v) is 8.01. The monoisotopic (exact) mass is 478 g/mol. The number of rotatable bonds is 8. The third-order valence-electron chi connectivity index (χ3n) is 5.56. The van der Waals surface area contributed by atoms with E-state index in [1.54, 1.807) is 15.6 Å². The number of H-pyrrole nitrogens is 1. The topological polar surface area (TPSA) is 109 Å². The van der Waals surface area contributed by atoms with Crippen molar-refractivity contribution < 1.29 is 32.2 Å². The molecule has 0 spiro atoms. The van der Waals surface area contributed by atoms with Gasteiger partial charge in [-0.1, -0.05) is 0 Å². The zero-order valence-corrected chi connectivity index (χ0v) is 17.5. The number of fused-ring (bicyclic) bond motifs is 2. The van der Waals surface area contributed by atoms with Gasteiger partial charge in [0.05, 0.1) is 24.8 Å². The van der Waals surface area contributed by atoms with Crippen LogP contribution in [0.1, 0.15) is 16.8 Å². The summed E-state index contributed by atoms with van der Waals surface area (Å²) in [5.74, 6) is -3.90. The Morgan fingerprint density at radius 3 is 2.76 bits per heavy atom. The number of hydrogen-bond acceptors (Lipinski definition) is 6. The van der Waals surface area contributed by atoms with E-state index in [0.29, 0.717) is 36.1 Å². The maximum absolute atomic E-state index is 13.1. The molecule has 1 saturated heterocycles. The first-order chi connectivity index (χ1) is 16.2. The molecule has 178 valence electrons. The Labute approximate surface area is 189 Å². The highest BCUT2D eigenvalue weighted by Gasteiger charge is 2.43. The first-order valence-corrected chi connectivity index (χ1v) is 10.3. The fourth-order valence-electron chi connectivity index (χ4n) is 4.07. The first kappa shape index (κ1) is 22.1. The summed E-state index contributed by atoms with van der Waals surface area (Å²) < 4.78 is 57.8. The second-order valence-electron chi connectivity index (χ2n) is 8.01. The van der Waals surface area contributed by atoms with Crippen LogP contribution < -0.4 is 4.74 Å². The molecule has 1 fully saturated rings. The van der Waals surface area contributed by atoms with Gasteiger partial charge >= 0.3 is 12.6 Å². The molecule has 0 bridgehead atoms. The number of aromatic carboxylic acids is 1. The van der Waals surface area contributed by atoms with Crippen molar-refractivity contribution in [2.24, 2.45) is 0 Å². The Bertz CT molecular complexity index is 1380. The lowest BCUT2D eigenvalue weighted by molar-refractivity contribution is -0.130. The predicted molar refractivity (Wildman–Crippen MR) is 112 cm³/mol. The number of carboxylic acid groups (broad SMARTS) is 1. The number of halogens is 4. The largest absolute Gasteiger partial charge is 0.478 e. The smallest absolute Gasteiger partial charge is 0.387 e. The maximum Gasteiger partial charge on any atom is 0.387 e. The van der Waals surface area contributed by atoms with Gasteiger partial charge in [-0.25, -0.2) is 23.5 Å². The van der Waals surface area contributed by atoms with E-state index in [-0.39, 0.29) is 41.3 Å². The second kappa shape index (κ2) is 8.24. The molecule has 4 heterocycles. The van der Waals surface area contributed by atoms with Gasteiger partial charge in [0.25, 0.3) is 5.92 Å². The van der Waals surface area contributed by atoms with Crippen molar-refractivity contribution in [1.82, 2.24) is 29.6 Å². The minimum absolute atomic E-state index is 0.0684. The summed E-state index contributed by atoms with van der Waals surface area (Å²) in [6, 6.07) is 4.36. The van der Waals surface area contributed by atoms with Crippen molar-refractivity contribution >= 4 is 28.0 Å². The summed E-state index contributed by atoms with van der Waals surface area (Å²) in [6.07, 6.45) is 3.22. The minimum atomic E-state index is -3.01. The normalized spacial score (nSPS) is 15.8. The number of nitrogens with zero attached hydrogens (tertiary/aromatic N) is 5. The Kier molecular flexibility index (Phi) is 5.35. The number of benzene rings is 1. The van der Waals surface area contributed by atoms with Gasteiger partial charge in [0.15, 0.2) is 5.65 Å². The number of carbonyl (C=O) groups is 1. The van der Waals surface area contributed by atoms with E-state index < -0.39 is 18.5 Å². The van der Waals surface area contributed by atoms with E-state index in [0.717, 1.165) is 0 Å². The van der Waals surface area contributed by atoms with Crippen molar-refractivity contribution in [1.29, 1.82) is 0 Å². The number of aromatic amines is 1. The number of hydrogen-bond donors (Lipinski definition) is 2. The summed E-state index contributed by atoms with van der Waals surface area (Å²) >= 11 is 0. The van der Waals surface area contributed by atoms with Gasteiger partial charge in [-0.3, -0.25) is 9.58 Å². The van der Waals surface area contributed by atoms with Crippen molar-refractivity contribution in [2.75, 3.05) is 19.6 Å². The molecule has 0 unspecified atom stereocenters. The van der Waals surface area contributed by atoms with E-state index in [1.165, 1.54) is 24.5 Å². The van der Waals surface area contributed by atoms with Crippen LogP contribution in [-0.2, 0) is 6.54 Å². The van der Waals surface area contributed by atoms with Gasteiger partial charge < -0.3 is 14.8 Å². The molecule has 4 aromatic rings. The molecule has 1 aromatic carbocycles. The van der Waals surface area contributed by atoms with Crippen LogP contribution in [0.5, 0.6) is 5.75 Å². The average molecular weight is 478 g/mol. The molecule has 3 aromatic heterocycles. The highest BCUT2D eigenvalue weighted by molar-refractivity contribution is 6.01. The number of carboxylic acids is 1. The number of nitrogens with one attached hydrogen (secondary N) is 1. The Morgan fingerprint density at radius 2 is 2.06 bits per heavy atom. The fraction of sp³-hybridized carbons (Fsp3) is 0.333. The molecule has 5 rings (SSSR count). The predicted octanol–water partition coefficient (Wildman–Crippen LogP) is 3.62. The van der Waals surface area contributed by atoms with Crippen LogP contribution in [-0.4, -0.2) is 72.9 Å². The van der Waals surface area contributed by atoms with Gasteiger partial charge in [-0.2, -0.15) is 13.9 Å². The Hall–Kier alpha value is -3.74. The van der Waals surface area contributed by atoms with Crippen molar-refractivity contribution in [3.8, 4) is 17.1 Å². The minimum Gasteiger partial charge on any atom is -0.478 e. The van der Waals surface area contributed by atoms with Crippen LogP contribution in [0, 0.1) is 0 Å². The Morgan fingerprint density at radius 1 is 1.26 bits per heavy atom. The maximum atomic E-state index is 13.1. The highest BCUT2D eigenvalue weighted by atomic mass is 19.3. The average Bonchev–Trinajstić information content (AvgIpc) is 3.33. The van der Waals surface area contributed by atoms with Crippen molar-refractivity contribution in [3.05, 3.63) is 36.2 Å². The lowest BCUT2D eigenvalue weighted by atomic mass is 10.1. The van der Waals surface area contributed by atoms with Crippen molar-refractivity contribution in [3.63, 3.8) is 0 Å². The van der Waals surface area contributed by atoms with Crippen LogP contribution in [0.4, 0.5) is 17.6 Å². The van der Waals surface area contributed by atoms with Crippen LogP contribution in [0.2, 0.25) is 0 Å². The third kappa shape index (κ3) is 4.14. The van der Waals surface area contributed by atoms with Crippen LogP contribution in [0.15, 0.2) is 30.6 Å². The summed E-state index contributed by atoms with van der Waals surface area (Å²) in [4.78, 5) is 24.5. The summed E-state index contributed by atoms with van der Waals surface area (Å²) in [6.45, 7) is -2.72. The van der Waals surface area contributed by atoms with E-state index >= 15 is 0 Å². The number of alkyl halides is 4. The Balaban J connectivity index is 1.51. The zero-order valence-electron chi connectivity index (χ0n) is 17.5. The van der Waals surface area contributed by atoms with Gasteiger partial charge in [0.2, 0.25) is 0 Å². The zero-order chi connectivity index (χ0) is 24.0. The molecule has 0 aliphatic carbocycles. The summed E-state index contributed by atoms with van der Waals surface area (Å²) in [5, 5.41) is 14.4. The van der Waals surface area contributed by atoms with Crippen LogP contribution in [0.25, 0.3) is 33.5 Å². The van der Waals surface area contributed by atoms with Crippen LogP contribution in [0.3, 0.4) is 0 Å². The molecule has 9 nitrogen and oxygen atoms in total. The first-order valence-electron chi connectivity index (χ1n) is 10.3. The van der Waals surface area contributed by atoms with E-state index in [2.05, 4.69) is 24.8 Å². The molecular weight excluding hydrogens is 460 g/mol. The molecule has 1 aliphatic heterocycles. The lowest BCUT2D eigenvalue weighted by Crippen LogP contribution is -2.56. The molecule has 13 heteroatoms. The molecule has 0 amide bonds. The summed E-state index contributed by atoms with van der Waals surface area (Å²) in [7, 11) is 0. The quantitative estimate of drug-likeness (QED) is 0.373. The molecular formula is C21H18F4N6O3. The molecule has 0 radical (unpaired) electrons. The van der Waals surface area contributed by atoms with E-state index in [9.17, 15) is 27.5 Å².